The highest BCUT2D eigenvalue weighted by Gasteiger charge is 2.47. The molecule has 0 aromatic carbocycles. The first-order valence-corrected chi connectivity index (χ1v) is 8.68. The minimum atomic E-state index is -0.137. The maximum Gasteiger partial charge on any atom is 0.229 e. The van der Waals surface area contributed by atoms with Crippen LogP contribution in [0, 0.1) is 5.41 Å². The van der Waals surface area contributed by atoms with Crippen LogP contribution in [0.1, 0.15) is 30.5 Å². The normalized spacial score (nSPS) is 20.8. The third kappa shape index (κ3) is 2.96. The Morgan fingerprint density at radius 3 is 2.62 bits per heavy atom. The van der Waals surface area contributed by atoms with E-state index >= 15 is 0 Å². The van der Waals surface area contributed by atoms with E-state index in [4.69, 9.17) is 4.42 Å². The Labute approximate surface area is 142 Å². The van der Waals surface area contributed by atoms with Gasteiger partial charge < -0.3 is 9.32 Å². The number of amides is 1. The van der Waals surface area contributed by atoms with Crippen molar-refractivity contribution < 1.29 is 9.21 Å². The summed E-state index contributed by atoms with van der Waals surface area (Å²) >= 11 is 0. The first-order chi connectivity index (χ1) is 11.8. The van der Waals surface area contributed by atoms with E-state index in [0.29, 0.717) is 12.5 Å². The molecule has 24 heavy (non-hydrogen) atoms. The number of hydrogen-bond acceptors (Lipinski definition) is 4. The lowest BCUT2D eigenvalue weighted by Gasteiger charge is -2.37. The average Bonchev–Trinajstić information content (AvgIpc) is 3.22. The quantitative estimate of drug-likeness (QED) is 0.867. The molecule has 2 aromatic rings. The van der Waals surface area contributed by atoms with Crippen LogP contribution in [0.4, 0.5) is 0 Å². The van der Waals surface area contributed by atoms with Gasteiger partial charge >= 0.3 is 0 Å². The van der Waals surface area contributed by atoms with E-state index in [1.54, 1.807) is 18.7 Å². The summed E-state index contributed by atoms with van der Waals surface area (Å²) in [6, 6.07) is 7.89. The molecule has 0 radical (unpaired) electrons. The lowest BCUT2D eigenvalue weighted by molar-refractivity contribution is -0.139. The van der Waals surface area contributed by atoms with Crippen molar-refractivity contribution in [3.63, 3.8) is 0 Å². The van der Waals surface area contributed by atoms with Gasteiger partial charge in [-0.25, -0.2) is 0 Å². The van der Waals surface area contributed by atoms with Crippen LogP contribution >= 0.6 is 0 Å². The highest BCUT2D eigenvalue weighted by atomic mass is 16.3. The summed E-state index contributed by atoms with van der Waals surface area (Å²) in [5.74, 6) is 0.330. The predicted octanol–water partition coefficient (Wildman–Crippen LogP) is 2.69. The molecule has 126 valence electrons. The number of carbonyl (C=O) groups excluding carboxylic acids is 1. The highest BCUT2D eigenvalue weighted by molar-refractivity contribution is 5.85. The molecular formula is C19H23N3O2. The van der Waals surface area contributed by atoms with Crippen molar-refractivity contribution >= 4 is 5.91 Å². The molecule has 1 spiro atoms. The second-order valence-electron chi connectivity index (χ2n) is 6.99. The molecule has 4 rings (SSSR count). The van der Waals surface area contributed by atoms with Gasteiger partial charge in [0, 0.05) is 24.8 Å². The van der Waals surface area contributed by atoms with Crippen LogP contribution in [0.5, 0.6) is 0 Å². The summed E-state index contributed by atoms with van der Waals surface area (Å²) in [6.07, 6.45) is 8.22. The smallest absolute Gasteiger partial charge is 0.229 e. The van der Waals surface area contributed by atoms with Crippen LogP contribution in [-0.4, -0.2) is 40.3 Å². The van der Waals surface area contributed by atoms with E-state index in [1.165, 1.54) is 5.56 Å². The molecule has 2 fully saturated rings. The van der Waals surface area contributed by atoms with E-state index in [1.807, 2.05) is 29.2 Å². The van der Waals surface area contributed by atoms with Crippen molar-refractivity contribution in [2.24, 2.45) is 5.41 Å². The highest BCUT2D eigenvalue weighted by Crippen LogP contribution is 2.42. The number of rotatable bonds is 4. The van der Waals surface area contributed by atoms with Crippen LogP contribution in [0.25, 0.3) is 0 Å². The SMILES string of the molecule is O=C1N(Cc2ccccn2)CCC12CCN(Cc1ccoc1)CC2. The third-order valence-corrected chi connectivity index (χ3v) is 5.48. The molecule has 0 saturated carbocycles. The zero-order valence-electron chi connectivity index (χ0n) is 13.9. The molecule has 0 N–H and O–H groups in total. The average molecular weight is 325 g/mol. The summed E-state index contributed by atoms with van der Waals surface area (Å²) < 4.78 is 5.14. The van der Waals surface area contributed by atoms with Crippen LogP contribution < -0.4 is 0 Å². The van der Waals surface area contributed by atoms with Crippen LogP contribution in [0.3, 0.4) is 0 Å². The Morgan fingerprint density at radius 1 is 1.08 bits per heavy atom. The lowest BCUT2D eigenvalue weighted by Crippen LogP contribution is -2.44. The number of nitrogens with zero attached hydrogens (tertiary/aromatic N) is 3. The first kappa shape index (κ1) is 15.4. The zero-order valence-corrected chi connectivity index (χ0v) is 13.9. The van der Waals surface area contributed by atoms with Crippen molar-refractivity contribution in [1.29, 1.82) is 0 Å². The van der Waals surface area contributed by atoms with E-state index in [2.05, 4.69) is 9.88 Å². The first-order valence-electron chi connectivity index (χ1n) is 8.68. The molecular weight excluding hydrogens is 302 g/mol. The summed E-state index contributed by atoms with van der Waals surface area (Å²) in [4.78, 5) is 21.7. The van der Waals surface area contributed by atoms with Crippen molar-refractivity contribution in [3.8, 4) is 0 Å². The number of piperidine rings is 1. The second-order valence-corrected chi connectivity index (χ2v) is 6.99. The standard InChI is InChI=1S/C19H23N3O2/c23-18-19(7-11-22(18)14-17-3-1-2-8-20-17)5-9-21(10-6-19)13-16-4-12-24-15-16/h1-4,8,12,15H,5-7,9-11,13-14H2. The molecule has 2 aliphatic rings. The van der Waals surface area contributed by atoms with Crippen molar-refractivity contribution in [1.82, 2.24) is 14.8 Å². The maximum absolute atomic E-state index is 13.0. The summed E-state index contributed by atoms with van der Waals surface area (Å²) in [5.41, 5.74) is 2.04. The molecule has 1 amide bonds. The minimum absolute atomic E-state index is 0.137. The molecule has 0 unspecified atom stereocenters. The fraction of sp³-hybridized carbons (Fsp3) is 0.474. The Balaban J connectivity index is 1.36. The predicted molar refractivity (Wildman–Crippen MR) is 89.9 cm³/mol. The van der Waals surface area contributed by atoms with Gasteiger partial charge in [-0.3, -0.25) is 14.7 Å². The van der Waals surface area contributed by atoms with Gasteiger partial charge in [0.15, 0.2) is 0 Å². The van der Waals surface area contributed by atoms with Crippen molar-refractivity contribution in [2.45, 2.75) is 32.4 Å². The molecule has 5 heteroatoms. The number of carbonyl (C=O) groups is 1. The Bertz CT molecular complexity index is 676. The fourth-order valence-corrected chi connectivity index (χ4v) is 3.97. The molecule has 4 heterocycles. The summed E-state index contributed by atoms with van der Waals surface area (Å²) in [6.45, 7) is 4.37. The second kappa shape index (κ2) is 6.40. The van der Waals surface area contributed by atoms with Crippen LogP contribution in [-0.2, 0) is 17.9 Å². The number of hydrogen-bond donors (Lipinski definition) is 0. The molecule has 0 atom stereocenters. The Hall–Kier alpha value is -2.14. The van der Waals surface area contributed by atoms with E-state index in [-0.39, 0.29) is 5.41 Å². The Kier molecular flexibility index (Phi) is 4.10. The van der Waals surface area contributed by atoms with Gasteiger partial charge in [-0.05, 0) is 50.6 Å². The molecule has 5 nitrogen and oxygen atoms in total. The molecule has 0 aliphatic carbocycles. The van der Waals surface area contributed by atoms with Gasteiger partial charge in [0.1, 0.15) is 0 Å². The van der Waals surface area contributed by atoms with E-state index < -0.39 is 0 Å². The summed E-state index contributed by atoms with van der Waals surface area (Å²) in [7, 11) is 0. The van der Waals surface area contributed by atoms with Gasteiger partial charge in [-0.1, -0.05) is 6.07 Å². The lowest BCUT2D eigenvalue weighted by atomic mass is 9.77. The van der Waals surface area contributed by atoms with E-state index in [0.717, 1.165) is 51.1 Å². The van der Waals surface area contributed by atoms with Gasteiger partial charge in [-0.15, -0.1) is 0 Å². The third-order valence-electron chi connectivity index (χ3n) is 5.48. The topological polar surface area (TPSA) is 49.6 Å². The largest absolute Gasteiger partial charge is 0.472 e. The van der Waals surface area contributed by atoms with Gasteiger partial charge in [0.05, 0.1) is 30.2 Å². The summed E-state index contributed by atoms with van der Waals surface area (Å²) in [5, 5.41) is 0. The maximum atomic E-state index is 13.0. The van der Waals surface area contributed by atoms with Crippen LogP contribution in [0.15, 0.2) is 47.4 Å². The molecule has 2 aromatic heterocycles. The monoisotopic (exact) mass is 325 g/mol. The van der Waals surface area contributed by atoms with Gasteiger partial charge in [0.2, 0.25) is 5.91 Å². The van der Waals surface area contributed by atoms with Gasteiger partial charge in [-0.2, -0.15) is 0 Å². The molecule has 2 saturated heterocycles. The van der Waals surface area contributed by atoms with E-state index in [9.17, 15) is 4.79 Å². The zero-order chi connectivity index (χ0) is 16.4. The number of aromatic nitrogens is 1. The number of likely N-dealkylation sites (tertiary alicyclic amines) is 2. The van der Waals surface area contributed by atoms with Gasteiger partial charge in [0.25, 0.3) is 0 Å². The number of furan rings is 1. The van der Waals surface area contributed by atoms with Crippen molar-refractivity contribution in [2.75, 3.05) is 19.6 Å². The van der Waals surface area contributed by atoms with Crippen molar-refractivity contribution in [3.05, 3.63) is 54.2 Å². The Morgan fingerprint density at radius 2 is 1.92 bits per heavy atom. The fourth-order valence-electron chi connectivity index (χ4n) is 3.97. The minimum Gasteiger partial charge on any atom is -0.472 e. The van der Waals surface area contributed by atoms with Crippen LogP contribution in [0.2, 0.25) is 0 Å². The number of pyridine rings is 1. The molecule has 2 aliphatic heterocycles. The molecule has 0 bridgehead atoms.